The lowest BCUT2D eigenvalue weighted by Gasteiger charge is -2.56. The van der Waals surface area contributed by atoms with Gasteiger partial charge in [0.1, 0.15) is 17.3 Å². The van der Waals surface area contributed by atoms with Crippen LogP contribution in [0.3, 0.4) is 0 Å². The number of aliphatic hydroxyl groups is 2. The third-order valence-electron chi connectivity index (χ3n) is 7.69. The predicted octanol–water partition coefficient (Wildman–Crippen LogP) is 3.44. The van der Waals surface area contributed by atoms with Gasteiger partial charge in [-0.2, -0.15) is 0 Å². The van der Waals surface area contributed by atoms with E-state index in [9.17, 15) is 24.2 Å². The largest absolute Gasteiger partial charge is 0.484 e. The van der Waals surface area contributed by atoms with Crippen LogP contribution in [0, 0.1) is 5.82 Å². The van der Waals surface area contributed by atoms with Crippen molar-refractivity contribution in [2.24, 2.45) is 0 Å². The van der Waals surface area contributed by atoms with Crippen LogP contribution in [-0.2, 0) is 9.59 Å². The average molecular weight is 553 g/mol. The zero-order valence-electron chi connectivity index (χ0n) is 19.8. The Labute approximate surface area is 223 Å². The van der Waals surface area contributed by atoms with Gasteiger partial charge in [-0.15, -0.1) is 0 Å². The van der Waals surface area contributed by atoms with Gasteiger partial charge in [-0.25, -0.2) is 4.39 Å². The fourth-order valence-corrected chi connectivity index (χ4v) is 5.91. The van der Waals surface area contributed by atoms with E-state index in [1.54, 1.807) is 18.2 Å². The Hall–Kier alpha value is -2.59. The Morgan fingerprint density at radius 1 is 1.08 bits per heavy atom. The molecule has 3 fully saturated rings. The Kier molecular flexibility index (Phi) is 7.00. The minimum Gasteiger partial charge on any atom is -0.484 e. The number of ether oxygens (including phenoxy) is 2. The molecule has 2 unspecified atom stereocenters. The number of amides is 2. The summed E-state index contributed by atoms with van der Waals surface area (Å²) in [6, 6.07) is 8.80. The lowest BCUT2D eigenvalue weighted by molar-refractivity contribution is -0.140. The van der Waals surface area contributed by atoms with Crippen LogP contribution >= 0.6 is 23.2 Å². The monoisotopic (exact) mass is 552 g/mol. The highest BCUT2D eigenvalue weighted by molar-refractivity contribution is 6.31. The smallest absolute Gasteiger partial charge is 0.261 e. The zero-order valence-corrected chi connectivity index (χ0v) is 21.3. The van der Waals surface area contributed by atoms with Gasteiger partial charge in [-0.3, -0.25) is 9.59 Å². The summed E-state index contributed by atoms with van der Waals surface area (Å²) in [4.78, 5) is 25.7. The molecule has 3 atom stereocenters. The Morgan fingerprint density at radius 2 is 1.84 bits per heavy atom. The fourth-order valence-electron chi connectivity index (χ4n) is 5.61. The van der Waals surface area contributed by atoms with Crippen LogP contribution < -0.4 is 20.1 Å². The lowest BCUT2D eigenvalue weighted by Crippen LogP contribution is -2.71. The second kappa shape index (κ2) is 9.94. The normalized spacial score (nSPS) is 30.1. The number of carbonyl (C=O) groups excluding carboxylic acids is 2. The summed E-state index contributed by atoms with van der Waals surface area (Å²) in [5.74, 6) is -0.846. The lowest BCUT2D eigenvalue weighted by atomic mass is 9.59. The van der Waals surface area contributed by atoms with Crippen molar-refractivity contribution in [2.75, 3.05) is 6.61 Å². The van der Waals surface area contributed by atoms with Gasteiger partial charge in [0.2, 0.25) is 0 Å². The van der Waals surface area contributed by atoms with Crippen LogP contribution in [0.25, 0.3) is 0 Å². The zero-order chi connectivity index (χ0) is 26.4. The van der Waals surface area contributed by atoms with E-state index >= 15 is 0 Å². The summed E-state index contributed by atoms with van der Waals surface area (Å²) in [6.45, 7) is -0.342. The van der Waals surface area contributed by atoms with E-state index in [4.69, 9.17) is 32.7 Å². The highest BCUT2D eigenvalue weighted by atomic mass is 35.5. The summed E-state index contributed by atoms with van der Waals surface area (Å²) in [5, 5.41) is 27.9. The molecule has 6 rings (SSSR count). The number of fused-ring (bicyclic) bond motifs is 4. The molecule has 8 nitrogen and oxygen atoms in total. The maximum Gasteiger partial charge on any atom is 0.261 e. The van der Waals surface area contributed by atoms with Crippen LogP contribution in [0.5, 0.6) is 11.5 Å². The second-order valence-electron chi connectivity index (χ2n) is 10.1. The number of rotatable bonds is 6. The molecule has 0 aromatic heterocycles. The van der Waals surface area contributed by atoms with Crippen LogP contribution in [0.4, 0.5) is 4.39 Å². The summed E-state index contributed by atoms with van der Waals surface area (Å²) in [7, 11) is 0. The highest BCUT2D eigenvalue weighted by Gasteiger charge is 2.55. The Balaban J connectivity index is 1.17. The van der Waals surface area contributed by atoms with Crippen molar-refractivity contribution < 1.29 is 33.7 Å². The van der Waals surface area contributed by atoms with Gasteiger partial charge in [0.15, 0.2) is 12.7 Å². The molecule has 2 bridgehead atoms. The highest BCUT2D eigenvalue weighted by Crippen LogP contribution is 2.47. The molecule has 2 aromatic rings. The first-order valence-electron chi connectivity index (χ1n) is 12.1. The maximum absolute atomic E-state index is 13.6. The van der Waals surface area contributed by atoms with E-state index < -0.39 is 41.1 Å². The first-order chi connectivity index (χ1) is 17.6. The van der Waals surface area contributed by atoms with Crippen LogP contribution in [-0.4, -0.2) is 51.9 Å². The average Bonchev–Trinajstić information content (AvgIpc) is 2.86. The molecule has 4 aliphatic rings. The predicted molar refractivity (Wildman–Crippen MR) is 133 cm³/mol. The summed E-state index contributed by atoms with van der Waals surface area (Å²) >= 11 is 11.7. The molecule has 0 radical (unpaired) electrons. The molecule has 1 aliphatic heterocycles. The first kappa shape index (κ1) is 26.0. The number of carbonyl (C=O) groups is 2. The van der Waals surface area contributed by atoms with E-state index in [1.165, 1.54) is 12.1 Å². The molecule has 4 N–H and O–H groups in total. The number of halogens is 3. The molecular weight excluding hydrogens is 526 g/mol. The maximum atomic E-state index is 13.6. The SMILES string of the molecule is O=C(COc1ccc(Cl)c(F)c1)NC12CCC(NC(=O)C3CC(O)c4cc(Cl)ccc4O3)(CC1)C[C@@H]2O. The molecule has 2 aromatic carbocycles. The van der Waals surface area contributed by atoms with Crippen molar-refractivity contribution >= 4 is 35.0 Å². The van der Waals surface area contributed by atoms with Gasteiger partial charge in [0, 0.05) is 28.6 Å². The standard InChI is InChI=1S/C26H27Cl2FN2O6/c27-14-1-4-20-16(9-14)19(32)11-21(37-20)24(35)31-25-5-7-26(8-6-25,22(33)12-25)30-23(34)13-36-15-2-3-17(28)18(29)10-15/h1-4,9-10,19,21-22,32-33H,5-8,11-13H2,(H,30,34)(H,31,35)/t19?,21?,22-,25?,26?/m0/s1. The summed E-state index contributed by atoms with van der Waals surface area (Å²) in [6.07, 6.45) is -0.239. The van der Waals surface area contributed by atoms with E-state index in [-0.39, 0.29) is 36.1 Å². The van der Waals surface area contributed by atoms with Crippen molar-refractivity contribution in [3.8, 4) is 11.5 Å². The van der Waals surface area contributed by atoms with Gasteiger partial charge in [-0.1, -0.05) is 23.2 Å². The topological polar surface area (TPSA) is 117 Å². The molecule has 198 valence electrons. The molecule has 37 heavy (non-hydrogen) atoms. The van der Waals surface area contributed by atoms with E-state index in [2.05, 4.69) is 10.6 Å². The van der Waals surface area contributed by atoms with Crippen molar-refractivity contribution in [2.45, 2.75) is 67.9 Å². The first-order valence-corrected chi connectivity index (χ1v) is 12.9. The molecule has 3 aliphatic carbocycles. The van der Waals surface area contributed by atoms with Crippen LogP contribution in [0.1, 0.15) is 50.2 Å². The third-order valence-corrected chi connectivity index (χ3v) is 8.23. The van der Waals surface area contributed by atoms with Gasteiger partial charge >= 0.3 is 0 Å². The number of aliphatic hydroxyl groups excluding tert-OH is 2. The van der Waals surface area contributed by atoms with Crippen LogP contribution in [0.15, 0.2) is 36.4 Å². The van der Waals surface area contributed by atoms with Crippen molar-refractivity contribution in [1.82, 2.24) is 10.6 Å². The molecular formula is C26H27Cl2FN2O6. The van der Waals surface area contributed by atoms with E-state index in [0.717, 1.165) is 6.07 Å². The number of hydrogen-bond donors (Lipinski definition) is 4. The summed E-state index contributed by atoms with van der Waals surface area (Å²) in [5.41, 5.74) is -0.908. The molecule has 0 spiro atoms. The molecule has 1 heterocycles. The van der Waals surface area contributed by atoms with Crippen molar-refractivity contribution in [3.05, 3.63) is 57.8 Å². The molecule has 3 saturated carbocycles. The van der Waals surface area contributed by atoms with Gasteiger partial charge < -0.3 is 30.3 Å². The van der Waals surface area contributed by atoms with Gasteiger partial charge in [0.25, 0.3) is 11.8 Å². The Morgan fingerprint density at radius 3 is 2.54 bits per heavy atom. The summed E-state index contributed by atoms with van der Waals surface area (Å²) < 4.78 is 24.8. The molecule has 2 amide bonds. The fraction of sp³-hybridized carbons (Fsp3) is 0.462. The second-order valence-corrected chi connectivity index (χ2v) is 10.9. The Bertz CT molecular complexity index is 1220. The van der Waals surface area contributed by atoms with Gasteiger partial charge in [0.05, 0.1) is 22.8 Å². The minimum atomic E-state index is -0.882. The molecule has 0 saturated heterocycles. The van der Waals surface area contributed by atoms with Crippen LogP contribution in [0.2, 0.25) is 10.0 Å². The number of hydrogen-bond acceptors (Lipinski definition) is 6. The number of nitrogens with one attached hydrogen (secondary N) is 2. The number of benzene rings is 2. The van der Waals surface area contributed by atoms with Crippen molar-refractivity contribution in [1.29, 1.82) is 0 Å². The van der Waals surface area contributed by atoms with E-state index in [0.29, 0.717) is 42.0 Å². The third kappa shape index (κ3) is 5.23. The molecule has 11 heteroatoms. The quantitative estimate of drug-likeness (QED) is 0.436. The van der Waals surface area contributed by atoms with E-state index in [1.807, 2.05) is 0 Å². The van der Waals surface area contributed by atoms with Crippen molar-refractivity contribution in [3.63, 3.8) is 0 Å². The van der Waals surface area contributed by atoms with Gasteiger partial charge in [-0.05, 0) is 62.4 Å². The minimum absolute atomic E-state index is 0.0419.